The molecule has 2 amide bonds. The van der Waals surface area contributed by atoms with E-state index < -0.39 is 5.79 Å². The molecular formula is C18H23N3O3. The molecule has 6 heteroatoms. The fraction of sp³-hybridized carbons (Fsp3) is 0.500. The number of urea groups is 1. The zero-order valence-corrected chi connectivity index (χ0v) is 13.9. The predicted molar refractivity (Wildman–Crippen MR) is 91.9 cm³/mol. The van der Waals surface area contributed by atoms with Crippen molar-refractivity contribution in [1.29, 1.82) is 0 Å². The number of aromatic amines is 1. The number of piperidine rings is 1. The topological polar surface area (TPSA) is 66.6 Å². The SMILES string of the molecule is CC1([C@H]2CCCN(C(=O)Nc3cccc4[nH]ccc34)C2)OCCO1. The number of nitrogens with zero attached hydrogens (tertiary/aromatic N) is 1. The number of fused-ring (bicyclic) bond motifs is 1. The highest BCUT2D eigenvalue weighted by Gasteiger charge is 2.42. The molecule has 0 unspecified atom stereocenters. The first-order valence-corrected chi connectivity index (χ1v) is 8.56. The van der Waals surface area contributed by atoms with Gasteiger partial charge in [0.25, 0.3) is 0 Å². The molecule has 2 aromatic rings. The Morgan fingerprint density at radius 1 is 1.33 bits per heavy atom. The Kier molecular flexibility index (Phi) is 3.94. The number of hydrogen-bond acceptors (Lipinski definition) is 3. The summed E-state index contributed by atoms with van der Waals surface area (Å²) in [5.41, 5.74) is 1.85. The van der Waals surface area contributed by atoms with Gasteiger partial charge in [-0.25, -0.2) is 4.79 Å². The maximum absolute atomic E-state index is 12.7. The summed E-state index contributed by atoms with van der Waals surface area (Å²) in [5, 5.41) is 4.07. The average molecular weight is 329 g/mol. The molecule has 2 aliphatic rings. The summed E-state index contributed by atoms with van der Waals surface area (Å²) in [5.74, 6) is -0.345. The van der Waals surface area contributed by atoms with Crippen LogP contribution in [0.2, 0.25) is 0 Å². The van der Waals surface area contributed by atoms with Crippen molar-refractivity contribution < 1.29 is 14.3 Å². The predicted octanol–water partition coefficient (Wildman–Crippen LogP) is 3.17. The Labute approximate surface area is 141 Å². The van der Waals surface area contributed by atoms with Gasteiger partial charge < -0.3 is 24.7 Å². The van der Waals surface area contributed by atoms with Gasteiger partial charge in [0.2, 0.25) is 0 Å². The Morgan fingerprint density at radius 3 is 3.00 bits per heavy atom. The minimum atomic E-state index is -0.556. The van der Waals surface area contributed by atoms with E-state index in [1.54, 1.807) is 0 Å². The fourth-order valence-electron chi connectivity index (χ4n) is 3.74. The number of benzene rings is 1. The standard InChI is InChI=1S/C18H23N3O3/c1-18(23-10-11-24-18)13-4-3-9-21(12-13)17(22)20-16-6-2-5-15-14(16)7-8-19-15/h2,5-8,13,19H,3-4,9-12H2,1H3,(H,20,22)/t13-/m0/s1. The first-order valence-electron chi connectivity index (χ1n) is 8.56. The summed E-state index contributed by atoms with van der Waals surface area (Å²) in [4.78, 5) is 17.8. The smallest absolute Gasteiger partial charge is 0.321 e. The molecule has 2 fully saturated rings. The van der Waals surface area contributed by atoms with Crippen LogP contribution in [-0.4, -0.2) is 48.0 Å². The highest BCUT2D eigenvalue weighted by Crippen LogP contribution is 2.34. The molecule has 0 aliphatic carbocycles. The van der Waals surface area contributed by atoms with E-state index in [-0.39, 0.29) is 11.9 Å². The molecule has 4 rings (SSSR count). The van der Waals surface area contributed by atoms with E-state index in [1.807, 2.05) is 42.3 Å². The summed E-state index contributed by atoms with van der Waals surface area (Å²) in [7, 11) is 0. The Hall–Kier alpha value is -2.05. The molecular weight excluding hydrogens is 306 g/mol. The number of nitrogens with one attached hydrogen (secondary N) is 2. The quantitative estimate of drug-likeness (QED) is 0.889. The number of amides is 2. The summed E-state index contributed by atoms with van der Waals surface area (Å²) in [6.07, 6.45) is 3.87. The normalized spacial score (nSPS) is 23.5. The number of aromatic nitrogens is 1. The molecule has 0 bridgehead atoms. The first kappa shape index (κ1) is 15.5. The van der Waals surface area contributed by atoms with Crippen LogP contribution in [0.15, 0.2) is 30.5 Å². The zero-order valence-electron chi connectivity index (χ0n) is 13.9. The molecule has 128 valence electrons. The maximum atomic E-state index is 12.7. The van der Waals surface area contributed by atoms with Gasteiger partial charge in [-0.05, 0) is 38.0 Å². The van der Waals surface area contributed by atoms with Gasteiger partial charge in [0.15, 0.2) is 5.79 Å². The van der Waals surface area contributed by atoms with Gasteiger partial charge in [0, 0.05) is 36.1 Å². The van der Waals surface area contributed by atoms with Crippen molar-refractivity contribution in [2.75, 3.05) is 31.6 Å². The monoisotopic (exact) mass is 329 g/mol. The Balaban J connectivity index is 1.47. The molecule has 1 aromatic heterocycles. The number of likely N-dealkylation sites (tertiary alicyclic amines) is 1. The number of carbonyl (C=O) groups is 1. The Morgan fingerprint density at radius 2 is 2.17 bits per heavy atom. The van der Waals surface area contributed by atoms with Gasteiger partial charge in [-0.15, -0.1) is 0 Å². The van der Waals surface area contributed by atoms with Gasteiger partial charge in [-0.1, -0.05) is 6.07 Å². The zero-order chi connectivity index (χ0) is 16.6. The summed E-state index contributed by atoms with van der Waals surface area (Å²) < 4.78 is 11.6. The lowest BCUT2D eigenvalue weighted by Crippen LogP contribution is -2.49. The lowest BCUT2D eigenvalue weighted by atomic mass is 9.90. The first-order chi connectivity index (χ1) is 11.7. The van der Waals surface area contributed by atoms with Crippen LogP contribution >= 0.6 is 0 Å². The number of anilines is 1. The van der Waals surface area contributed by atoms with Crippen LogP contribution in [0.1, 0.15) is 19.8 Å². The van der Waals surface area contributed by atoms with Gasteiger partial charge in [-0.3, -0.25) is 0 Å². The number of ether oxygens (including phenoxy) is 2. The van der Waals surface area contributed by atoms with E-state index in [2.05, 4.69) is 10.3 Å². The molecule has 0 radical (unpaired) electrons. The van der Waals surface area contributed by atoms with Gasteiger partial charge in [0.05, 0.1) is 18.9 Å². The minimum absolute atomic E-state index is 0.0602. The number of rotatable bonds is 2. The molecule has 24 heavy (non-hydrogen) atoms. The van der Waals surface area contributed by atoms with E-state index in [1.165, 1.54) is 0 Å². The third-order valence-electron chi connectivity index (χ3n) is 5.15. The summed E-state index contributed by atoms with van der Waals surface area (Å²) in [6.45, 7) is 4.68. The van der Waals surface area contributed by atoms with Crippen LogP contribution in [0.5, 0.6) is 0 Å². The number of hydrogen-bond donors (Lipinski definition) is 2. The second-order valence-corrected chi connectivity index (χ2v) is 6.67. The average Bonchev–Trinajstić information content (AvgIpc) is 3.25. The molecule has 0 saturated carbocycles. The van der Waals surface area contributed by atoms with E-state index in [0.717, 1.165) is 36.0 Å². The van der Waals surface area contributed by atoms with Gasteiger partial charge in [0.1, 0.15) is 0 Å². The third-order valence-corrected chi connectivity index (χ3v) is 5.15. The number of carbonyl (C=O) groups excluding carboxylic acids is 1. The second kappa shape index (κ2) is 6.11. The van der Waals surface area contributed by atoms with Crippen molar-refractivity contribution in [3.63, 3.8) is 0 Å². The molecule has 1 aromatic carbocycles. The highest BCUT2D eigenvalue weighted by molar-refractivity contribution is 6.00. The summed E-state index contributed by atoms with van der Waals surface area (Å²) in [6, 6.07) is 7.78. The molecule has 0 spiro atoms. The summed E-state index contributed by atoms with van der Waals surface area (Å²) >= 11 is 0. The lowest BCUT2D eigenvalue weighted by Gasteiger charge is -2.39. The second-order valence-electron chi connectivity index (χ2n) is 6.67. The third kappa shape index (κ3) is 2.76. The molecule has 1 atom stereocenters. The largest absolute Gasteiger partial charge is 0.361 e. The van der Waals surface area contributed by atoms with Crippen molar-refractivity contribution in [2.45, 2.75) is 25.6 Å². The van der Waals surface area contributed by atoms with Crippen LogP contribution in [-0.2, 0) is 9.47 Å². The van der Waals surface area contributed by atoms with Gasteiger partial charge in [-0.2, -0.15) is 0 Å². The van der Waals surface area contributed by atoms with E-state index in [4.69, 9.17) is 9.47 Å². The van der Waals surface area contributed by atoms with Crippen molar-refractivity contribution in [3.8, 4) is 0 Å². The van der Waals surface area contributed by atoms with E-state index >= 15 is 0 Å². The van der Waals surface area contributed by atoms with Crippen LogP contribution < -0.4 is 5.32 Å². The van der Waals surface area contributed by atoms with Gasteiger partial charge >= 0.3 is 6.03 Å². The Bertz CT molecular complexity index is 736. The van der Waals surface area contributed by atoms with E-state index in [9.17, 15) is 4.79 Å². The van der Waals surface area contributed by atoms with E-state index in [0.29, 0.717) is 19.8 Å². The minimum Gasteiger partial charge on any atom is -0.361 e. The van der Waals surface area contributed by atoms with Crippen LogP contribution in [0.25, 0.3) is 10.9 Å². The lowest BCUT2D eigenvalue weighted by molar-refractivity contribution is -0.189. The molecule has 2 saturated heterocycles. The molecule has 6 nitrogen and oxygen atoms in total. The van der Waals surface area contributed by atoms with Crippen LogP contribution in [0.3, 0.4) is 0 Å². The van der Waals surface area contributed by atoms with Crippen molar-refractivity contribution in [1.82, 2.24) is 9.88 Å². The maximum Gasteiger partial charge on any atom is 0.321 e. The molecule has 2 aliphatic heterocycles. The van der Waals surface area contributed by atoms with Crippen molar-refractivity contribution >= 4 is 22.6 Å². The van der Waals surface area contributed by atoms with Crippen molar-refractivity contribution in [3.05, 3.63) is 30.5 Å². The molecule has 3 heterocycles. The fourth-order valence-corrected chi connectivity index (χ4v) is 3.74. The van der Waals surface area contributed by atoms with Crippen molar-refractivity contribution in [2.24, 2.45) is 5.92 Å². The number of H-pyrrole nitrogens is 1. The molecule has 2 N–H and O–H groups in total. The van der Waals surface area contributed by atoms with Crippen LogP contribution in [0, 0.1) is 5.92 Å². The van der Waals surface area contributed by atoms with Crippen LogP contribution in [0.4, 0.5) is 10.5 Å². The highest BCUT2D eigenvalue weighted by atomic mass is 16.7.